The molecular weight excluding hydrogens is 234 g/mol. The van der Waals surface area contributed by atoms with Crippen LogP contribution in [-0.2, 0) is 14.4 Å². The molecule has 102 valence electrons. The zero-order valence-corrected chi connectivity index (χ0v) is 11.0. The molecule has 0 aromatic carbocycles. The first-order valence-electron chi connectivity index (χ1n) is 6.25. The fourth-order valence-corrected chi connectivity index (χ4v) is 1.99. The van der Waals surface area contributed by atoms with Crippen molar-refractivity contribution in [3.05, 3.63) is 0 Å². The standard InChI is InChI=1S/C12H21N3O3/c1-9(16)13-7-11-3-5-15(6-4-11)12(18)8-14-10(2)17/h11H,3-8H2,1-2H3,(H,13,16)(H,14,17). The minimum atomic E-state index is -0.191. The van der Waals surface area contributed by atoms with Crippen LogP contribution >= 0.6 is 0 Å². The summed E-state index contributed by atoms with van der Waals surface area (Å²) in [5, 5.41) is 5.31. The van der Waals surface area contributed by atoms with Gasteiger partial charge in [-0.15, -0.1) is 0 Å². The van der Waals surface area contributed by atoms with Crippen LogP contribution in [0.3, 0.4) is 0 Å². The maximum absolute atomic E-state index is 11.7. The number of piperidine rings is 1. The summed E-state index contributed by atoms with van der Waals surface area (Å²) in [6, 6.07) is 0. The first kappa shape index (κ1) is 14.5. The summed E-state index contributed by atoms with van der Waals surface area (Å²) in [4.78, 5) is 35.0. The predicted octanol–water partition coefficient (Wildman–Crippen LogP) is -0.503. The van der Waals surface area contributed by atoms with Crippen molar-refractivity contribution in [3.63, 3.8) is 0 Å². The Morgan fingerprint density at radius 2 is 1.61 bits per heavy atom. The summed E-state index contributed by atoms with van der Waals surface area (Å²) in [5.41, 5.74) is 0. The number of carbonyl (C=O) groups is 3. The molecule has 0 aliphatic carbocycles. The van der Waals surface area contributed by atoms with E-state index in [0.29, 0.717) is 25.6 Å². The number of hydrogen-bond acceptors (Lipinski definition) is 3. The molecule has 6 nitrogen and oxygen atoms in total. The van der Waals surface area contributed by atoms with Crippen LogP contribution in [0.2, 0.25) is 0 Å². The van der Waals surface area contributed by atoms with Crippen LogP contribution in [0.4, 0.5) is 0 Å². The second kappa shape index (κ2) is 6.98. The Morgan fingerprint density at radius 1 is 1.06 bits per heavy atom. The fraction of sp³-hybridized carbons (Fsp3) is 0.750. The molecule has 0 atom stereocenters. The monoisotopic (exact) mass is 255 g/mol. The lowest BCUT2D eigenvalue weighted by Gasteiger charge is -2.32. The van der Waals surface area contributed by atoms with Crippen molar-refractivity contribution in [2.24, 2.45) is 5.92 Å². The van der Waals surface area contributed by atoms with Crippen molar-refractivity contribution in [1.29, 1.82) is 0 Å². The van der Waals surface area contributed by atoms with E-state index >= 15 is 0 Å². The third-order valence-corrected chi connectivity index (χ3v) is 3.10. The first-order chi connectivity index (χ1) is 8.49. The number of amides is 3. The van der Waals surface area contributed by atoms with Gasteiger partial charge in [0.1, 0.15) is 0 Å². The Bertz CT molecular complexity index is 323. The zero-order chi connectivity index (χ0) is 13.5. The molecule has 0 radical (unpaired) electrons. The third-order valence-electron chi connectivity index (χ3n) is 3.10. The molecule has 1 heterocycles. The molecule has 0 bridgehead atoms. The van der Waals surface area contributed by atoms with Gasteiger partial charge in [0.05, 0.1) is 6.54 Å². The van der Waals surface area contributed by atoms with E-state index in [9.17, 15) is 14.4 Å². The molecule has 1 aliphatic rings. The van der Waals surface area contributed by atoms with Crippen molar-refractivity contribution in [2.45, 2.75) is 26.7 Å². The topological polar surface area (TPSA) is 78.5 Å². The maximum atomic E-state index is 11.7. The van der Waals surface area contributed by atoms with Gasteiger partial charge in [0.25, 0.3) is 0 Å². The molecule has 0 saturated carbocycles. The average Bonchev–Trinajstić information content (AvgIpc) is 2.34. The van der Waals surface area contributed by atoms with Crippen molar-refractivity contribution in [2.75, 3.05) is 26.2 Å². The molecule has 2 N–H and O–H groups in total. The normalized spacial score (nSPS) is 16.2. The lowest BCUT2D eigenvalue weighted by Crippen LogP contribution is -2.45. The largest absolute Gasteiger partial charge is 0.356 e. The minimum Gasteiger partial charge on any atom is -0.356 e. The van der Waals surface area contributed by atoms with Gasteiger partial charge >= 0.3 is 0 Å². The van der Waals surface area contributed by atoms with Gasteiger partial charge < -0.3 is 15.5 Å². The smallest absolute Gasteiger partial charge is 0.241 e. The number of hydrogen-bond donors (Lipinski definition) is 2. The van der Waals surface area contributed by atoms with Crippen LogP contribution in [0.25, 0.3) is 0 Å². The molecule has 0 spiro atoms. The number of likely N-dealkylation sites (tertiary alicyclic amines) is 1. The van der Waals surface area contributed by atoms with E-state index in [1.54, 1.807) is 4.90 Å². The summed E-state index contributed by atoms with van der Waals surface area (Å²) < 4.78 is 0. The summed E-state index contributed by atoms with van der Waals surface area (Å²) in [7, 11) is 0. The van der Waals surface area contributed by atoms with Crippen molar-refractivity contribution < 1.29 is 14.4 Å². The van der Waals surface area contributed by atoms with Crippen LogP contribution in [0, 0.1) is 5.92 Å². The van der Waals surface area contributed by atoms with Gasteiger partial charge in [0.15, 0.2) is 0 Å². The molecule has 3 amide bonds. The van der Waals surface area contributed by atoms with Gasteiger partial charge in [0, 0.05) is 33.5 Å². The first-order valence-corrected chi connectivity index (χ1v) is 6.25. The minimum absolute atomic E-state index is 0.0147. The lowest BCUT2D eigenvalue weighted by atomic mass is 9.97. The molecule has 0 unspecified atom stereocenters. The fourth-order valence-electron chi connectivity index (χ4n) is 1.99. The second-order valence-corrected chi connectivity index (χ2v) is 4.67. The third kappa shape index (κ3) is 5.16. The molecular formula is C12H21N3O3. The highest BCUT2D eigenvalue weighted by molar-refractivity contribution is 5.83. The molecule has 0 aromatic rings. The van der Waals surface area contributed by atoms with E-state index in [4.69, 9.17) is 0 Å². The molecule has 1 saturated heterocycles. The van der Waals surface area contributed by atoms with Crippen molar-refractivity contribution >= 4 is 17.7 Å². The van der Waals surface area contributed by atoms with E-state index in [1.165, 1.54) is 13.8 Å². The van der Waals surface area contributed by atoms with Gasteiger partial charge in [-0.05, 0) is 18.8 Å². The van der Waals surface area contributed by atoms with E-state index in [1.807, 2.05) is 0 Å². The van der Waals surface area contributed by atoms with Gasteiger partial charge in [-0.25, -0.2) is 0 Å². The summed E-state index contributed by atoms with van der Waals surface area (Å²) >= 11 is 0. The van der Waals surface area contributed by atoms with E-state index in [2.05, 4.69) is 10.6 Å². The van der Waals surface area contributed by atoms with Crippen LogP contribution < -0.4 is 10.6 Å². The highest BCUT2D eigenvalue weighted by atomic mass is 16.2. The second-order valence-electron chi connectivity index (χ2n) is 4.67. The molecule has 1 fully saturated rings. The highest BCUT2D eigenvalue weighted by Crippen LogP contribution is 2.16. The summed E-state index contributed by atoms with van der Waals surface area (Å²) in [6.45, 7) is 5.05. The quantitative estimate of drug-likeness (QED) is 0.710. The van der Waals surface area contributed by atoms with E-state index in [0.717, 1.165) is 12.8 Å². The molecule has 0 aromatic heterocycles. The summed E-state index contributed by atoms with van der Waals surface area (Å²) in [5.74, 6) is 0.199. The van der Waals surface area contributed by atoms with Gasteiger partial charge in [-0.3, -0.25) is 14.4 Å². The van der Waals surface area contributed by atoms with Crippen LogP contribution in [-0.4, -0.2) is 48.8 Å². The Balaban J connectivity index is 2.24. The van der Waals surface area contributed by atoms with Crippen molar-refractivity contribution in [1.82, 2.24) is 15.5 Å². The molecule has 1 rings (SSSR count). The number of rotatable bonds is 4. The number of nitrogens with one attached hydrogen (secondary N) is 2. The van der Waals surface area contributed by atoms with Gasteiger partial charge in [0.2, 0.25) is 17.7 Å². The Labute approximate surface area is 107 Å². The Kier molecular flexibility index (Phi) is 5.61. The Morgan fingerprint density at radius 3 is 2.11 bits per heavy atom. The van der Waals surface area contributed by atoms with E-state index < -0.39 is 0 Å². The van der Waals surface area contributed by atoms with Crippen LogP contribution in [0.15, 0.2) is 0 Å². The van der Waals surface area contributed by atoms with E-state index in [-0.39, 0.29) is 24.3 Å². The molecule has 1 aliphatic heterocycles. The Hall–Kier alpha value is -1.59. The maximum Gasteiger partial charge on any atom is 0.241 e. The SMILES string of the molecule is CC(=O)NCC(=O)N1CCC(CNC(C)=O)CC1. The number of carbonyl (C=O) groups excluding carboxylic acids is 3. The van der Waals surface area contributed by atoms with Gasteiger partial charge in [-0.2, -0.15) is 0 Å². The zero-order valence-electron chi connectivity index (χ0n) is 11.0. The number of nitrogens with zero attached hydrogens (tertiary/aromatic N) is 1. The average molecular weight is 255 g/mol. The van der Waals surface area contributed by atoms with Crippen LogP contribution in [0.5, 0.6) is 0 Å². The highest BCUT2D eigenvalue weighted by Gasteiger charge is 2.22. The van der Waals surface area contributed by atoms with Gasteiger partial charge in [-0.1, -0.05) is 0 Å². The van der Waals surface area contributed by atoms with Crippen LogP contribution in [0.1, 0.15) is 26.7 Å². The lowest BCUT2D eigenvalue weighted by molar-refractivity contribution is -0.133. The predicted molar refractivity (Wildman–Crippen MR) is 66.7 cm³/mol. The summed E-state index contributed by atoms with van der Waals surface area (Å²) in [6.07, 6.45) is 1.79. The molecule has 18 heavy (non-hydrogen) atoms. The van der Waals surface area contributed by atoms with Crippen molar-refractivity contribution in [3.8, 4) is 0 Å². The molecule has 6 heteroatoms.